The lowest BCUT2D eigenvalue weighted by Crippen LogP contribution is -1.94. The molecule has 0 saturated heterocycles. The van der Waals surface area contributed by atoms with Crippen LogP contribution in [-0.2, 0) is 0 Å². The monoisotopic (exact) mass is 324 g/mol. The normalized spacial score (nSPS) is 11.2. The van der Waals surface area contributed by atoms with Crippen LogP contribution in [0.25, 0.3) is 0 Å². The van der Waals surface area contributed by atoms with Crippen molar-refractivity contribution in [3.05, 3.63) is 59.7 Å². The van der Waals surface area contributed by atoms with Crippen LogP contribution in [0.1, 0.15) is 37.8 Å². The summed E-state index contributed by atoms with van der Waals surface area (Å²) >= 11 is 0. The van der Waals surface area contributed by atoms with Gasteiger partial charge in [0, 0.05) is 0 Å². The van der Waals surface area contributed by atoms with E-state index in [2.05, 4.69) is 24.1 Å². The summed E-state index contributed by atoms with van der Waals surface area (Å²) in [6.45, 7) is 5.65. The molecule has 0 fully saturated rings. The molecule has 4 heteroatoms. The van der Waals surface area contributed by atoms with Crippen molar-refractivity contribution in [1.29, 1.82) is 0 Å². The van der Waals surface area contributed by atoms with Gasteiger partial charge in [-0.3, -0.25) is 0 Å². The van der Waals surface area contributed by atoms with E-state index in [0.717, 1.165) is 48.7 Å². The Morgan fingerprint density at radius 2 is 1.04 bits per heavy atom. The van der Waals surface area contributed by atoms with Crippen LogP contribution in [0, 0.1) is 0 Å². The van der Waals surface area contributed by atoms with Crippen LogP contribution in [0.5, 0.6) is 11.5 Å². The Kier molecular flexibility index (Phi) is 7.54. The molecule has 0 spiro atoms. The first-order chi connectivity index (χ1) is 11.8. The molecule has 2 rings (SSSR count). The van der Waals surface area contributed by atoms with Crippen molar-refractivity contribution in [1.82, 2.24) is 0 Å². The van der Waals surface area contributed by atoms with E-state index in [-0.39, 0.29) is 0 Å². The average molecular weight is 324 g/mol. The Hall–Kier alpha value is -2.62. The third-order valence-corrected chi connectivity index (χ3v) is 3.19. The van der Waals surface area contributed by atoms with Crippen molar-refractivity contribution in [2.24, 2.45) is 10.2 Å². The minimum Gasteiger partial charge on any atom is -0.494 e. The van der Waals surface area contributed by atoms with Gasteiger partial charge in [0.05, 0.1) is 25.6 Å². The van der Waals surface area contributed by atoms with E-state index in [0.29, 0.717) is 0 Å². The van der Waals surface area contributed by atoms with Crippen LogP contribution >= 0.6 is 0 Å². The molecular weight excluding hydrogens is 300 g/mol. The van der Waals surface area contributed by atoms with Crippen LogP contribution in [0.4, 0.5) is 0 Å². The van der Waals surface area contributed by atoms with E-state index in [9.17, 15) is 0 Å². The number of benzene rings is 2. The molecule has 0 aliphatic rings. The standard InChI is InChI=1S/C20H24N2O2/c1-3-13-23-19-9-5-17(6-10-19)15-21-22-16-18-7-11-20(12-8-18)24-14-4-2/h5-12,15-16H,3-4,13-14H2,1-2H3/b21-15-,22-16-. The van der Waals surface area contributed by atoms with Gasteiger partial charge in [0.15, 0.2) is 0 Å². The first kappa shape index (κ1) is 17.7. The molecule has 0 aliphatic heterocycles. The number of hydrogen-bond acceptors (Lipinski definition) is 4. The Morgan fingerprint density at radius 3 is 1.38 bits per heavy atom. The largest absolute Gasteiger partial charge is 0.494 e. The van der Waals surface area contributed by atoms with Gasteiger partial charge in [0.2, 0.25) is 0 Å². The third kappa shape index (κ3) is 6.24. The second kappa shape index (κ2) is 10.2. The lowest BCUT2D eigenvalue weighted by molar-refractivity contribution is 0.317. The zero-order chi connectivity index (χ0) is 17.0. The van der Waals surface area contributed by atoms with Gasteiger partial charge in [-0.1, -0.05) is 13.8 Å². The lowest BCUT2D eigenvalue weighted by atomic mass is 10.2. The molecule has 0 atom stereocenters. The quantitative estimate of drug-likeness (QED) is 0.495. The highest BCUT2D eigenvalue weighted by Gasteiger charge is 1.94. The molecule has 0 saturated carbocycles. The lowest BCUT2D eigenvalue weighted by Gasteiger charge is -2.03. The second-order valence-electron chi connectivity index (χ2n) is 5.32. The summed E-state index contributed by atoms with van der Waals surface area (Å²) in [7, 11) is 0. The van der Waals surface area contributed by atoms with Crippen molar-refractivity contribution in [3.8, 4) is 11.5 Å². The van der Waals surface area contributed by atoms with Crippen molar-refractivity contribution in [2.45, 2.75) is 26.7 Å². The molecule has 0 aliphatic carbocycles. The minimum atomic E-state index is 0.736. The second-order valence-corrected chi connectivity index (χ2v) is 5.32. The molecule has 4 nitrogen and oxygen atoms in total. The molecule has 0 bridgehead atoms. The van der Waals surface area contributed by atoms with Crippen molar-refractivity contribution < 1.29 is 9.47 Å². The SMILES string of the molecule is CCCOc1ccc(/C=N\N=C/c2ccc(OCCC)cc2)cc1. The molecule has 0 heterocycles. The van der Waals surface area contributed by atoms with Crippen LogP contribution < -0.4 is 9.47 Å². The van der Waals surface area contributed by atoms with Gasteiger partial charge in [-0.05, 0) is 72.5 Å². The Bertz CT molecular complexity index is 587. The van der Waals surface area contributed by atoms with Crippen molar-refractivity contribution in [2.75, 3.05) is 13.2 Å². The zero-order valence-electron chi connectivity index (χ0n) is 14.3. The summed E-state index contributed by atoms with van der Waals surface area (Å²) in [5.74, 6) is 1.76. The summed E-state index contributed by atoms with van der Waals surface area (Å²) in [6, 6.07) is 15.6. The first-order valence-corrected chi connectivity index (χ1v) is 8.34. The molecule has 2 aromatic rings. The van der Waals surface area contributed by atoms with Crippen molar-refractivity contribution in [3.63, 3.8) is 0 Å². The molecule has 24 heavy (non-hydrogen) atoms. The first-order valence-electron chi connectivity index (χ1n) is 8.34. The fourth-order valence-electron chi connectivity index (χ4n) is 1.94. The van der Waals surface area contributed by atoms with Gasteiger partial charge in [-0.15, -0.1) is 0 Å². The highest BCUT2D eigenvalue weighted by atomic mass is 16.5. The fraction of sp³-hybridized carbons (Fsp3) is 0.300. The highest BCUT2D eigenvalue weighted by Crippen LogP contribution is 2.12. The van der Waals surface area contributed by atoms with Crippen LogP contribution in [0.3, 0.4) is 0 Å². The van der Waals surface area contributed by atoms with E-state index in [1.54, 1.807) is 12.4 Å². The van der Waals surface area contributed by atoms with E-state index < -0.39 is 0 Å². The van der Waals surface area contributed by atoms with Gasteiger partial charge >= 0.3 is 0 Å². The van der Waals surface area contributed by atoms with E-state index in [1.807, 2.05) is 48.5 Å². The smallest absolute Gasteiger partial charge is 0.119 e. The van der Waals surface area contributed by atoms with Crippen molar-refractivity contribution >= 4 is 12.4 Å². The summed E-state index contributed by atoms with van der Waals surface area (Å²) < 4.78 is 11.1. The molecular formula is C20H24N2O2. The number of hydrogen-bond donors (Lipinski definition) is 0. The number of nitrogens with zero attached hydrogens (tertiary/aromatic N) is 2. The maximum absolute atomic E-state index is 5.54. The predicted molar refractivity (Wildman–Crippen MR) is 99.6 cm³/mol. The van der Waals surface area contributed by atoms with E-state index >= 15 is 0 Å². The molecule has 0 unspecified atom stereocenters. The zero-order valence-corrected chi connectivity index (χ0v) is 14.3. The van der Waals surface area contributed by atoms with Crippen LogP contribution in [0.2, 0.25) is 0 Å². The van der Waals surface area contributed by atoms with E-state index in [1.165, 1.54) is 0 Å². The summed E-state index contributed by atoms with van der Waals surface area (Å²) in [6.07, 6.45) is 5.45. The molecule has 0 radical (unpaired) electrons. The fourth-order valence-corrected chi connectivity index (χ4v) is 1.94. The summed E-state index contributed by atoms with van der Waals surface area (Å²) in [5, 5.41) is 8.15. The van der Waals surface area contributed by atoms with Gasteiger partial charge < -0.3 is 9.47 Å². The van der Waals surface area contributed by atoms with Crippen LogP contribution in [-0.4, -0.2) is 25.6 Å². The molecule has 2 aromatic carbocycles. The minimum absolute atomic E-state index is 0.736. The van der Waals surface area contributed by atoms with E-state index in [4.69, 9.17) is 9.47 Å². The topological polar surface area (TPSA) is 43.2 Å². The average Bonchev–Trinajstić information content (AvgIpc) is 2.64. The Labute approximate surface area is 143 Å². The maximum atomic E-state index is 5.54. The third-order valence-electron chi connectivity index (χ3n) is 3.19. The van der Waals surface area contributed by atoms with Gasteiger partial charge in [0.25, 0.3) is 0 Å². The van der Waals surface area contributed by atoms with Gasteiger partial charge in [-0.25, -0.2) is 0 Å². The molecule has 0 N–H and O–H groups in total. The predicted octanol–water partition coefficient (Wildman–Crippen LogP) is 4.72. The maximum Gasteiger partial charge on any atom is 0.119 e. The van der Waals surface area contributed by atoms with Gasteiger partial charge in [0.1, 0.15) is 11.5 Å². The van der Waals surface area contributed by atoms with Crippen LogP contribution in [0.15, 0.2) is 58.7 Å². The Balaban J connectivity index is 1.85. The molecule has 0 amide bonds. The van der Waals surface area contributed by atoms with Gasteiger partial charge in [-0.2, -0.15) is 10.2 Å². The highest BCUT2D eigenvalue weighted by molar-refractivity contribution is 5.82. The number of rotatable bonds is 9. The molecule has 126 valence electrons. The summed E-state index contributed by atoms with van der Waals surface area (Å²) in [4.78, 5) is 0. The number of ether oxygens (including phenoxy) is 2. The summed E-state index contributed by atoms with van der Waals surface area (Å²) in [5.41, 5.74) is 1.97. The Morgan fingerprint density at radius 1 is 0.667 bits per heavy atom. The molecule has 0 aromatic heterocycles.